The van der Waals surface area contributed by atoms with E-state index in [1.54, 1.807) is 0 Å². The summed E-state index contributed by atoms with van der Waals surface area (Å²) in [6.45, 7) is 3.92. The topological polar surface area (TPSA) is 113 Å². The van der Waals surface area contributed by atoms with Gasteiger partial charge in [-0.05, 0) is 5.92 Å². The zero-order chi connectivity index (χ0) is 12.7. The minimum absolute atomic E-state index is 0.0195. The van der Waals surface area contributed by atoms with Gasteiger partial charge >= 0.3 is 5.97 Å². The van der Waals surface area contributed by atoms with Gasteiger partial charge in [-0.25, -0.2) is 4.79 Å². The molecule has 0 rings (SSSR count). The summed E-state index contributed by atoms with van der Waals surface area (Å²) in [5.74, 6) is -1.53. The van der Waals surface area contributed by atoms with Crippen molar-refractivity contribution in [2.75, 3.05) is 6.54 Å². The Labute approximate surface area is 94.8 Å². The standard InChI is InChI=1S/C10H20N2O4/c1-3-6(2)8(11)9(14)12-5-4-7(13)10(15)16/h6-8,13H,3-5,11H2,1-2H3,(H,12,14)(H,15,16)/t6-,7?,8-/m0/s1. The SMILES string of the molecule is CC[C@H](C)[C@H](N)C(=O)NCCC(O)C(=O)O. The zero-order valence-electron chi connectivity index (χ0n) is 9.64. The van der Waals surface area contributed by atoms with E-state index in [1.165, 1.54) is 0 Å². The van der Waals surface area contributed by atoms with Crippen LogP contribution in [-0.4, -0.2) is 40.8 Å². The van der Waals surface area contributed by atoms with Crippen LogP contribution in [0.15, 0.2) is 0 Å². The summed E-state index contributed by atoms with van der Waals surface area (Å²) in [5, 5.41) is 19.8. The fraction of sp³-hybridized carbons (Fsp3) is 0.800. The molecular weight excluding hydrogens is 212 g/mol. The second kappa shape index (κ2) is 7.19. The number of nitrogens with two attached hydrogens (primary N) is 1. The maximum Gasteiger partial charge on any atom is 0.332 e. The summed E-state index contributed by atoms with van der Waals surface area (Å²) < 4.78 is 0. The van der Waals surface area contributed by atoms with E-state index in [0.717, 1.165) is 6.42 Å². The molecule has 0 aliphatic rings. The Morgan fingerprint density at radius 1 is 1.44 bits per heavy atom. The predicted molar refractivity (Wildman–Crippen MR) is 58.7 cm³/mol. The van der Waals surface area contributed by atoms with E-state index in [4.69, 9.17) is 15.9 Å². The average Bonchev–Trinajstić information content (AvgIpc) is 2.26. The Kier molecular flexibility index (Phi) is 6.67. The molecule has 0 aliphatic heterocycles. The third-order valence-corrected chi connectivity index (χ3v) is 2.56. The van der Waals surface area contributed by atoms with Crippen molar-refractivity contribution in [2.24, 2.45) is 11.7 Å². The van der Waals surface area contributed by atoms with Gasteiger partial charge in [0.25, 0.3) is 0 Å². The molecule has 0 fully saturated rings. The van der Waals surface area contributed by atoms with Crippen LogP contribution >= 0.6 is 0 Å². The van der Waals surface area contributed by atoms with Gasteiger partial charge in [0.15, 0.2) is 6.10 Å². The van der Waals surface area contributed by atoms with Crippen LogP contribution in [0.4, 0.5) is 0 Å². The quantitative estimate of drug-likeness (QED) is 0.464. The highest BCUT2D eigenvalue weighted by atomic mass is 16.4. The molecule has 3 atom stereocenters. The first-order chi connectivity index (χ1) is 7.40. The molecular formula is C10H20N2O4. The largest absolute Gasteiger partial charge is 0.479 e. The molecule has 16 heavy (non-hydrogen) atoms. The van der Waals surface area contributed by atoms with Crippen LogP contribution in [0.2, 0.25) is 0 Å². The molecule has 1 unspecified atom stereocenters. The van der Waals surface area contributed by atoms with Gasteiger partial charge in [0.1, 0.15) is 0 Å². The zero-order valence-corrected chi connectivity index (χ0v) is 9.64. The van der Waals surface area contributed by atoms with Crippen LogP contribution in [0, 0.1) is 5.92 Å². The lowest BCUT2D eigenvalue weighted by atomic mass is 9.99. The van der Waals surface area contributed by atoms with Crippen LogP contribution in [0.25, 0.3) is 0 Å². The number of hydrogen-bond donors (Lipinski definition) is 4. The summed E-state index contributed by atoms with van der Waals surface area (Å²) in [6.07, 6.45) is -0.666. The lowest BCUT2D eigenvalue weighted by Crippen LogP contribution is -2.45. The van der Waals surface area contributed by atoms with Gasteiger partial charge in [0, 0.05) is 13.0 Å². The number of nitrogens with one attached hydrogen (secondary N) is 1. The summed E-state index contributed by atoms with van der Waals surface area (Å²) in [5.41, 5.74) is 5.66. The Balaban J connectivity index is 3.85. The molecule has 6 heteroatoms. The van der Waals surface area contributed by atoms with E-state index in [2.05, 4.69) is 5.32 Å². The van der Waals surface area contributed by atoms with E-state index in [-0.39, 0.29) is 24.8 Å². The van der Waals surface area contributed by atoms with Crippen LogP contribution < -0.4 is 11.1 Å². The van der Waals surface area contributed by atoms with Crippen molar-refractivity contribution in [1.29, 1.82) is 0 Å². The number of aliphatic carboxylic acids is 1. The van der Waals surface area contributed by atoms with Gasteiger partial charge in [-0.3, -0.25) is 4.79 Å². The summed E-state index contributed by atoms with van der Waals surface area (Å²) in [7, 11) is 0. The Morgan fingerprint density at radius 2 is 2.00 bits per heavy atom. The van der Waals surface area contributed by atoms with E-state index in [1.807, 2.05) is 13.8 Å². The number of aliphatic hydroxyl groups is 1. The van der Waals surface area contributed by atoms with Gasteiger partial charge < -0.3 is 21.3 Å². The van der Waals surface area contributed by atoms with E-state index in [0.29, 0.717) is 0 Å². The molecule has 0 aromatic carbocycles. The van der Waals surface area contributed by atoms with Crippen molar-refractivity contribution in [3.05, 3.63) is 0 Å². The van der Waals surface area contributed by atoms with Crippen molar-refractivity contribution in [3.8, 4) is 0 Å². The van der Waals surface area contributed by atoms with Crippen molar-refractivity contribution in [3.63, 3.8) is 0 Å². The highest BCUT2D eigenvalue weighted by Gasteiger charge is 2.19. The second-order valence-corrected chi connectivity index (χ2v) is 3.85. The van der Waals surface area contributed by atoms with Gasteiger partial charge in [-0.15, -0.1) is 0 Å². The molecule has 0 aromatic heterocycles. The molecule has 6 nitrogen and oxygen atoms in total. The van der Waals surface area contributed by atoms with Crippen molar-refractivity contribution in [2.45, 2.75) is 38.8 Å². The monoisotopic (exact) mass is 232 g/mol. The van der Waals surface area contributed by atoms with Crippen molar-refractivity contribution in [1.82, 2.24) is 5.32 Å². The summed E-state index contributed by atoms with van der Waals surface area (Å²) in [4.78, 5) is 21.7. The van der Waals surface area contributed by atoms with Crippen molar-refractivity contribution < 1.29 is 19.8 Å². The third-order valence-electron chi connectivity index (χ3n) is 2.56. The van der Waals surface area contributed by atoms with Gasteiger partial charge in [0.2, 0.25) is 5.91 Å². The normalized spacial score (nSPS) is 16.2. The van der Waals surface area contributed by atoms with Crippen LogP contribution in [0.1, 0.15) is 26.7 Å². The van der Waals surface area contributed by atoms with E-state index >= 15 is 0 Å². The van der Waals surface area contributed by atoms with Crippen LogP contribution in [0.3, 0.4) is 0 Å². The molecule has 1 amide bonds. The number of carboxylic acid groups (broad SMARTS) is 1. The van der Waals surface area contributed by atoms with Crippen molar-refractivity contribution >= 4 is 11.9 Å². The fourth-order valence-corrected chi connectivity index (χ4v) is 1.09. The smallest absolute Gasteiger partial charge is 0.332 e. The first kappa shape index (κ1) is 14.9. The number of hydrogen-bond acceptors (Lipinski definition) is 4. The van der Waals surface area contributed by atoms with Gasteiger partial charge in [0.05, 0.1) is 6.04 Å². The maximum atomic E-state index is 11.4. The van der Waals surface area contributed by atoms with Crippen LogP contribution in [-0.2, 0) is 9.59 Å². The highest BCUT2D eigenvalue weighted by Crippen LogP contribution is 2.04. The lowest BCUT2D eigenvalue weighted by molar-refractivity contribution is -0.147. The number of carbonyl (C=O) groups is 2. The van der Waals surface area contributed by atoms with Gasteiger partial charge in [-0.2, -0.15) is 0 Å². The average molecular weight is 232 g/mol. The fourth-order valence-electron chi connectivity index (χ4n) is 1.09. The van der Waals surface area contributed by atoms with Gasteiger partial charge in [-0.1, -0.05) is 20.3 Å². The molecule has 0 radical (unpaired) electrons. The highest BCUT2D eigenvalue weighted by molar-refractivity contribution is 5.81. The van der Waals surface area contributed by atoms with Crippen LogP contribution in [0.5, 0.6) is 0 Å². The predicted octanol–water partition coefficient (Wildman–Crippen LogP) is -0.688. The molecule has 0 saturated carbocycles. The molecule has 0 heterocycles. The minimum atomic E-state index is -1.44. The maximum absolute atomic E-state index is 11.4. The lowest BCUT2D eigenvalue weighted by Gasteiger charge is -2.17. The Morgan fingerprint density at radius 3 is 2.44 bits per heavy atom. The third kappa shape index (κ3) is 5.09. The number of carboxylic acids is 1. The number of carbonyl (C=O) groups excluding carboxylic acids is 1. The molecule has 0 bridgehead atoms. The van der Waals surface area contributed by atoms with E-state index < -0.39 is 18.1 Å². The van der Waals surface area contributed by atoms with E-state index in [9.17, 15) is 9.59 Å². The molecule has 0 spiro atoms. The molecule has 0 aromatic rings. The number of amides is 1. The Hall–Kier alpha value is -1.14. The first-order valence-electron chi connectivity index (χ1n) is 5.34. The minimum Gasteiger partial charge on any atom is -0.479 e. The number of rotatable bonds is 7. The molecule has 0 saturated heterocycles. The molecule has 5 N–H and O–H groups in total. The molecule has 94 valence electrons. The summed E-state index contributed by atoms with van der Waals surface area (Å²) in [6, 6.07) is -0.591. The second-order valence-electron chi connectivity index (χ2n) is 3.85. The number of aliphatic hydroxyl groups excluding tert-OH is 1. The first-order valence-corrected chi connectivity index (χ1v) is 5.34. The summed E-state index contributed by atoms with van der Waals surface area (Å²) >= 11 is 0. The molecule has 0 aliphatic carbocycles. The Bertz CT molecular complexity index is 245.